The zero-order valence-electron chi connectivity index (χ0n) is 18.1. The summed E-state index contributed by atoms with van der Waals surface area (Å²) in [7, 11) is 0. The third-order valence-corrected chi connectivity index (χ3v) is 8.02. The van der Waals surface area contributed by atoms with Gasteiger partial charge in [-0.1, -0.05) is 31.5 Å². The lowest BCUT2D eigenvalue weighted by Crippen LogP contribution is -2.48. The van der Waals surface area contributed by atoms with Crippen LogP contribution in [0.25, 0.3) is 10.2 Å². The average molecular weight is 450 g/mol. The van der Waals surface area contributed by atoms with Gasteiger partial charge in [0.15, 0.2) is 5.16 Å². The van der Waals surface area contributed by atoms with E-state index in [0.717, 1.165) is 48.7 Å². The summed E-state index contributed by atoms with van der Waals surface area (Å²) >= 11 is 3.07. The first kappa shape index (κ1) is 21.8. The molecule has 2 aliphatic rings. The summed E-state index contributed by atoms with van der Waals surface area (Å²) in [5.41, 5.74) is 1.31. The Kier molecular flexibility index (Phi) is 6.85. The zero-order chi connectivity index (χ0) is 21.3. The van der Waals surface area contributed by atoms with Gasteiger partial charge in [-0.25, -0.2) is 4.98 Å². The summed E-state index contributed by atoms with van der Waals surface area (Å²) in [6.45, 7) is 8.07. The molecule has 8 heteroatoms. The number of aromatic nitrogens is 2. The SMILES string of the molecule is CCCCCn1c(SCC(=O)N2CC(C)OC(C)C2)nc2sc3c(c2c1=O)CCC3. The number of carbonyl (C=O) groups excluding carboxylic acids is 1. The van der Waals surface area contributed by atoms with Crippen molar-refractivity contribution in [3.05, 3.63) is 20.8 Å². The molecule has 164 valence electrons. The van der Waals surface area contributed by atoms with Gasteiger partial charge in [0.05, 0.1) is 23.3 Å². The first-order chi connectivity index (χ1) is 14.5. The van der Waals surface area contributed by atoms with Gasteiger partial charge in [-0.15, -0.1) is 11.3 Å². The maximum Gasteiger partial charge on any atom is 0.263 e. The number of ether oxygens (including phenoxy) is 1. The molecule has 2 aromatic heterocycles. The molecule has 0 radical (unpaired) electrons. The number of fused-ring (bicyclic) bond motifs is 3. The van der Waals surface area contributed by atoms with Gasteiger partial charge >= 0.3 is 0 Å². The van der Waals surface area contributed by atoms with E-state index in [1.807, 2.05) is 23.3 Å². The number of morpholine rings is 1. The maximum atomic E-state index is 13.4. The van der Waals surface area contributed by atoms with Crippen molar-refractivity contribution in [3.63, 3.8) is 0 Å². The predicted molar refractivity (Wildman–Crippen MR) is 123 cm³/mol. The Morgan fingerprint density at radius 2 is 2.00 bits per heavy atom. The van der Waals surface area contributed by atoms with Crippen molar-refractivity contribution in [2.45, 2.75) is 83.2 Å². The molecule has 2 aromatic rings. The van der Waals surface area contributed by atoms with Crippen molar-refractivity contribution in [1.82, 2.24) is 14.5 Å². The van der Waals surface area contributed by atoms with Crippen LogP contribution in [-0.4, -0.2) is 51.4 Å². The minimum absolute atomic E-state index is 0.0536. The molecule has 0 saturated carbocycles. The Bertz CT molecular complexity index is 974. The lowest BCUT2D eigenvalue weighted by atomic mass is 10.2. The molecule has 3 heterocycles. The van der Waals surface area contributed by atoms with Crippen molar-refractivity contribution in [2.75, 3.05) is 18.8 Å². The number of amides is 1. The summed E-state index contributed by atoms with van der Waals surface area (Å²) < 4.78 is 7.57. The summed E-state index contributed by atoms with van der Waals surface area (Å²) in [5.74, 6) is 0.390. The van der Waals surface area contributed by atoms with Crippen LogP contribution in [-0.2, 0) is 28.9 Å². The Morgan fingerprint density at radius 1 is 1.23 bits per heavy atom. The topological polar surface area (TPSA) is 64.4 Å². The fourth-order valence-electron chi connectivity index (χ4n) is 4.48. The fraction of sp³-hybridized carbons (Fsp3) is 0.682. The standard InChI is InChI=1S/C22H31N3O3S2/c1-4-5-6-10-25-21(27)19-16-8-7-9-17(16)30-20(19)23-22(25)29-13-18(26)24-11-14(2)28-15(3)12-24/h14-15H,4-13H2,1-3H3. The van der Waals surface area contributed by atoms with Crippen LogP contribution in [0.1, 0.15) is 56.9 Å². The molecule has 1 saturated heterocycles. The second-order valence-electron chi connectivity index (χ2n) is 8.44. The number of rotatable bonds is 7. The van der Waals surface area contributed by atoms with E-state index in [1.165, 1.54) is 22.2 Å². The van der Waals surface area contributed by atoms with Crippen LogP contribution >= 0.6 is 23.1 Å². The quantitative estimate of drug-likeness (QED) is 0.365. The molecule has 1 amide bonds. The van der Waals surface area contributed by atoms with Crippen LogP contribution in [0.3, 0.4) is 0 Å². The molecule has 0 bridgehead atoms. The van der Waals surface area contributed by atoms with Crippen molar-refractivity contribution in [2.24, 2.45) is 0 Å². The largest absolute Gasteiger partial charge is 0.372 e. The van der Waals surface area contributed by atoms with E-state index >= 15 is 0 Å². The third-order valence-electron chi connectivity index (χ3n) is 5.87. The van der Waals surface area contributed by atoms with Gasteiger partial charge in [0.1, 0.15) is 4.83 Å². The van der Waals surface area contributed by atoms with E-state index in [1.54, 1.807) is 11.3 Å². The van der Waals surface area contributed by atoms with Crippen molar-refractivity contribution < 1.29 is 9.53 Å². The lowest BCUT2D eigenvalue weighted by Gasteiger charge is -2.35. The second-order valence-corrected chi connectivity index (χ2v) is 10.5. The Labute approximate surface area is 186 Å². The highest BCUT2D eigenvalue weighted by molar-refractivity contribution is 7.99. The summed E-state index contributed by atoms with van der Waals surface area (Å²) in [6.07, 6.45) is 6.42. The number of nitrogens with zero attached hydrogens (tertiary/aromatic N) is 3. The molecule has 0 spiro atoms. The molecule has 1 aliphatic heterocycles. The highest BCUT2D eigenvalue weighted by atomic mass is 32.2. The molecule has 1 fully saturated rings. The molecule has 0 N–H and O–H groups in total. The maximum absolute atomic E-state index is 13.4. The summed E-state index contributed by atoms with van der Waals surface area (Å²) in [4.78, 5) is 35.2. The molecule has 2 atom stereocenters. The highest BCUT2D eigenvalue weighted by Crippen LogP contribution is 2.35. The van der Waals surface area contributed by atoms with Crippen LogP contribution in [0.2, 0.25) is 0 Å². The van der Waals surface area contributed by atoms with Crippen molar-refractivity contribution in [1.29, 1.82) is 0 Å². The second kappa shape index (κ2) is 9.40. The van der Waals surface area contributed by atoms with Crippen LogP contribution in [0, 0.1) is 0 Å². The van der Waals surface area contributed by atoms with Gasteiger partial charge in [-0.2, -0.15) is 0 Å². The molecule has 6 nitrogen and oxygen atoms in total. The number of hydrogen-bond donors (Lipinski definition) is 0. The van der Waals surface area contributed by atoms with E-state index < -0.39 is 0 Å². The van der Waals surface area contributed by atoms with Crippen LogP contribution in [0.5, 0.6) is 0 Å². The number of aryl methyl sites for hydroxylation is 2. The zero-order valence-corrected chi connectivity index (χ0v) is 19.7. The monoisotopic (exact) mass is 449 g/mol. The lowest BCUT2D eigenvalue weighted by molar-refractivity contribution is -0.140. The Morgan fingerprint density at radius 3 is 2.73 bits per heavy atom. The number of thiophene rings is 1. The first-order valence-electron chi connectivity index (χ1n) is 11.1. The fourth-order valence-corrected chi connectivity index (χ4v) is 6.72. The van der Waals surface area contributed by atoms with E-state index in [2.05, 4.69) is 6.92 Å². The van der Waals surface area contributed by atoms with Gasteiger partial charge < -0.3 is 9.64 Å². The Hall–Kier alpha value is -1.38. The van der Waals surface area contributed by atoms with Crippen LogP contribution in [0.4, 0.5) is 0 Å². The summed E-state index contributed by atoms with van der Waals surface area (Å²) in [6, 6.07) is 0. The highest BCUT2D eigenvalue weighted by Gasteiger charge is 2.27. The molecule has 1 aliphatic carbocycles. The van der Waals surface area contributed by atoms with Crippen molar-refractivity contribution >= 4 is 39.2 Å². The van der Waals surface area contributed by atoms with Gasteiger partial charge in [-0.05, 0) is 45.1 Å². The number of hydrogen-bond acceptors (Lipinski definition) is 6. The number of thioether (sulfide) groups is 1. The minimum Gasteiger partial charge on any atom is -0.372 e. The molecule has 30 heavy (non-hydrogen) atoms. The first-order valence-corrected chi connectivity index (χ1v) is 12.9. The van der Waals surface area contributed by atoms with E-state index in [-0.39, 0.29) is 23.7 Å². The van der Waals surface area contributed by atoms with E-state index in [4.69, 9.17) is 9.72 Å². The van der Waals surface area contributed by atoms with Crippen LogP contribution in [0.15, 0.2) is 9.95 Å². The van der Waals surface area contributed by atoms with E-state index in [9.17, 15) is 9.59 Å². The predicted octanol–water partition coefficient (Wildman–Crippen LogP) is 3.86. The van der Waals surface area contributed by atoms with Gasteiger partial charge in [0.25, 0.3) is 5.56 Å². The molecular weight excluding hydrogens is 418 g/mol. The molecule has 2 unspecified atom stereocenters. The van der Waals surface area contributed by atoms with E-state index in [0.29, 0.717) is 30.5 Å². The number of unbranched alkanes of at least 4 members (excludes halogenated alkanes) is 2. The third kappa shape index (κ3) is 4.46. The van der Waals surface area contributed by atoms with Gasteiger partial charge in [0, 0.05) is 24.5 Å². The number of carbonyl (C=O) groups is 1. The molecule has 0 aromatic carbocycles. The smallest absolute Gasteiger partial charge is 0.263 e. The van der Waals surface area contributed by atoms with Crippen molar-refractivity contribution in [3.8, 4) is 0 Å². The molecule has 4 rings (SSSR count). The van der Waals surface area contributed by atoms with Gasteiger partial charge in [0.2, 0.25) is 5.91 Å². The normalized spacial score (nSPS) is 21.4. The van der Waals surface area contributed by atoms with Crippen LogP contribution < -0.4 is 5.56 Å². The van der Waals surface area contributed by atoms with Gasteiger partial charge in [-0.3, -0.25) is 14.2 Å². The average Bonchev–Trinajstić information content (AvgIpc) is 3.28. The summed E-state index contributed by atoms with van der Waals surface area (Å²) in [5, 5.41) is 1.52. The minimum atomic E-state index is 0.0536. The Balaban J connectivity index is 1.58. The molecular formula is C22H31N3O3S2.